The highest BCUT2D eigenvalue weighted by Crippen LogP contribution is 2.53. The van der Waals surface area contributed by atoms with Gasteiger partial charge in [0.1, 0.15) is 6.61 Å². The molecule has 1 aliphatic carbocycles. The van der Waals surface area contributed by atoms with Crippen LogP contribution in [0.3, 0.4) is 0 Å². The molecule has 2 aromatic rings. The fourth-order valence-corrected chi connectivity index (χ4v) is 6.55. The minimum absolute atomic E-state index is 0.00804. The average Bonchev–Trinajstić information content (AvgIpc) is 3.43. The van der Waals surface area contributed by atoms with Gasteiger partial charge in [-0.1, -0.05) is 6.07 Å². The number of carbonyl (C=O) groups is 1. The van der Waals surface area contributed by atoms with Crippen LogP contribution in [0.1, 0.15) is 24.8 Å². The number of hydrogen-bond acceptors (Lipinski definition) is 8. The summed E-state index contributed by atoms with van der Waals surface area (Å²) in [6.45, 7) is 1.57. The number of aromatic nitrogens is 1. The van der Waals surface area contributed by atoms with Gasteiger partial charge in [-0.2, -0.15) is 4.31 Å². The van der Waals surface area contributed by atoms with Gasteiger partial charge in [-0.25, -0.2) is 8.42 Å². The van der Waals surface area contributed by atoms with Crippen molar-refractivity contribution >= 4 is 26.8 Å². The summed E-state index contributed by atoms with van der Waals surface area (Å²) in [6.07, 6.45) is 2.85. The topological polar surface area (TPSA) is 175 Å². The summed E-state index contributed by atoms with van der Waals surface area (Å²) in [6, 6.07) is 4.20. The third-order valence-corrected chi connectivity index (χ3v) is 8.74. The number of fused-ring (bicyclic) bond motifs is 1. The first-order valence-corrected chi connectivity index (χ1v) is 12.3. The predicted molar refractivity (Wildman–Crippen MR) is 120 cm³/mol. The summed E-state index contributed by atoms with van der Waals surface area (Å²) in [7, 11) is -3.88. The van der Waals surface area contributed by atoms with Gasteiger partial charge in [-0.15, -0.1) is 10.1 Å². The molecule has 1 aromatic heterocycles. The number of nitrogens with two attached hydrogens (primary N) is 1. The maximum Gasteiger partial charge on any atom is 0.308 e. The van der Waals surface area contributed by atoms with Crippen LogP contribution in [-0.2, 0) is 26.2 Å². The molecule has 34 heavy (non-hydrogen) atoms. The van der Waals surface area contributed by atoms with Gasteiger partial charge in [0.2, 0.25) is 10.0 Å². The second-order valence-corrected chi connectivity index (χ2v) is 11.0. The van der Waals surface area contributed by atoms with Crippen LogP contribution < -0.4 is 11.3 Å². The Bertz CT molecular complexity index is 1320. The largest absolute Gasteiger partial charge is 0.481 e. The van der Waals surface area contributed by atoms with Crippen molar-refractivity contribution in [3.05, 3.63) is 50.4 Å². The van der Waals surface area contributed by atoms with E-state index in [-0.39, 0.29) is 41.4 Å². The second-order valence-electron chi connectivity index (χ2n) is 9.11. The van der Waals surface area contributed by atoms with Crippen LogP contribution in [-0.4, -0.2) is 59.2 Å². The highest BCUT2D eigenvalue weighted by Gasteiger charge is 2.53. The number of carboxylic acids is 1. The zero-order valence-electron chi connectivity index (χ0n) is 18.5. The fourth-order valence-electron chi connectivity index (χ4n) is 4.76. The Morgan fingerprint density at radius 3 is 2.68 bits per heavy atom. The van der Waals surface area contributed by atoms with Crippen molar-refractivity contribution in [1.82, 2.24) is 8.87 Å². The molecule has 1 aromatic carbocycles. The Hall–Kier alpha value is -3.03. The molecule has 3 N–H and O–H groups in total. The molecule has 2 atom stereocenters. The van der Waals surface area contributed by atoms with E-state index in [2.05, 4.69) is 4.84 Å². The molecule has 1 saturated heterocycles. The molecule has 0 bridgehead atoms. The molecule has 4 rings (SSSR count). The lowest BCUT2D eigenvalue weighted by atomic mass is 9.89. The molecule has 2 fully saturated rings. The normalized spacial score (nSPS) is 20.8. The number of benzene rings is 1. The summed E-state index contributed by atoms with van der Waals surface area (Å²) < 4.78 is 29.1. The molecule has 0 amide bonds. The van der Waals surface area contributed by atoms with Crippen molar-refractivity contribution in [3.63, 3.8) is 0 Å². The van der Waals surface area contributed by atoms with Crippen LogP contribution in [0.15, 0.2) is 34.1 Å². The van der Waals surface area contributed by atoms with Gasteiger partial charge in [-0.05, 0) is 43.9 Å². The third kappa shape index (κ3) is 4.26. The first-order chi connectivity index (χ1) is 16.0. The van der Waals surface area contributed by atoms with Crippen LogP contribution in [0.25, 0.3) is 10.8 Å². The summed E-state index contributed by atoms with van der Waals surface area (Å²) in [5, 5.41) is 19.9. The van der Waals surface area contributed by atoms with E-state index < -0.39 is 38.0 Å². The molecular weight excluding hydrogens is 468 g/mol. The van der Waals surface area contributed by atoms with E-state index in [1.165, 1.54) is 33.3 Å². The maximum atomic E-state index is 13.3. The number of hydrogen-bond donors (Lipinski definition) is 2. The monoisotopic (exact) mass is 494 g/mol. The van der Waals surface area contributed by atoms with E-state index >= 15 is 0 Å². The van der Waals surface area contributed by atoms with Gasteiger partial charge < -0.3 is 20.2 Å². The second kappa shape index (κ2) is 8.64. The van der Waals surface area contributed by atoms with Crippen LogP contribution in [0, 0.1) is 28.4 Å². The van der Waals surface area contributed by atoms with Gasteiger partial charge in [0, 0.05) is 48.1 Å². The highest BCUT2D eigenvalue weighted by molar-refractivity contribution is 7.89. The number of rotatable bonds is 9. The zero-order valence-corrected chi connectivity index (χ0v) is 19.4. The number of nitrogens with zero attached hydrogens (tertiary/aromatic N) is 3. The van der Waals surface area contributed by atoms with Crippen molar-refractivity contribution in [2.75, 3.05) is 19.7 Å². The van der Waals surface area contributed by atoms with Gasteiger partial charge in [-0.3, -0.25) is 9.59 Å². The van der Waals surface area contributed by atoms with Crippen molar-refractivity contribution in [2.24, 2.45) is 17.1 Å². The van der Waals surface area contributed by atoms with Gasteiger partial charge in [0.25, 0.3) is 10.6 Å². The molecule has 2 aliphatic rings. The third-order valence-electron chi connectivity index (χ3n) is 6.83. The standard InChI is InChI=1S/C21H26N4O8S/c1-13-9-23(11-16(20(27)28)21(6-7-21)12-33-25(29)30)19(26)15-3-2-4-17(18(13)15)34(31,32)24-8-5-14(22)10-24/h2-4,9,14,16H,5-8,10-12,22H2,1H3,(H,27,28)/t14?,16-/m0/s1. The van der Waals surface area contributed by atoms with E-state index in [1.807, 2.05) is 0 Å². The first-order valence-electron chi connectivity index (χ1n) is 10.8. The average molecular weight is 495 g/mol. The van der Waals surface area contributed by atoms with Crippen molar-refractivity contribution in [2.45, 2.75) is 43.7 Å². The van der Waals surface area contributed by atoms with E-state index in [1.54, 1.807) is 6.92 Å². The molecular formula is C21H26N4O8S. The Labute approximate surface area is 195 Å². The molecule has 0 radical (unpaired) electrons. The van der Waals surface area contributed by atoms with E-state index in [9.17, 15) is 33.2 Å². The first kappa shape index (κ1) is 24.1. The van der Waals surface area contributed by atoms with Gasteiger partial charge >= 0.3 is 5.97 Å². The summed E-state index contributed by atoms with van der Waals surface area (Å²) in [5.74, 6) is -2.27. The van der Waals surface area contributed by atoms with E-state index in [0.29, 0.717) is 31.4 Å². The fraction of sp³-hybridized carbons (Fsp3) is 0.524. The quantitative estimate of drug-likeness (QED) is 0.376. The summed E-state index contributed by atoms with van der Waals surface area (Å²) >= 11 is 0. The van der Waals surface area contributed by atoms with Crippen molar-refractivity contribution in [3.8, 4) is 0 Å². The Morgan fingerprint density at radius 2 is 2.12 bits per heavy atom. The Kier molecular flexibility index (Phi) is 6.12. The predicted octanol–water partition coefficient (Wildman–Crippen LogP) is 0.721. The number of aryl methyl sites for hydroxylation is 1. The highest BCUT2D eigenvalue weighted by atomic mass is 32.2. The zero-order chi connectivity index (χ0) is 24.8. The molecule has 2 heterocycles. The van der Waals surface area contributed by atoms with Crippen LogP contribution in [0.4, 0.5) is 0 Å². The molecule has 0 spiro atoms. The number of carboxylic acid groups (broad SMARTS) is 1. The van der Waals surface area contributed by atoms with Crippen LogP contribution >= 0.6 is 0 Å². The van der Waals surface area contributed by atoms with E-state index in [0.717, 1.165) is 0 Å². The molecule has 1 unspecified atom stereocenters. The lowest BCUT2D eigenvalue weighted by molar-refractivity contribution is -0.760. The van der Waals surface area contributed by atoms with Crippen LogP contribution in [0.5, 0.6) is 0 Å². The lowest BCUT2D eigenvalue weighted by Gasteiger charge is -2.24. The summed E-state index contributed by atoms with van der Waals surface area (Å²) in [4.78, 5) is 40.4. The van der Waals surface area contributed by atoms with Gasteiger partial charge in [0.15, 0.2) is 0 Å². The SMILES string of the molecule is Cc1cn(C[C@@H](C(=O)O)C2(CO[N+](=O)[O-])CC2)c(=O)c2cccc(S(=O)(=O)N3CCC(N)C3)c12. The van der Waals surface area contributed by atoms with Crippen molar-refractivity contribution < 1.29 is 28.2 Å². The number of sulfonamides is 1. The molecule has 184 valence electrons. The Morgan fingerprint density at radius 1 is 1.41 bits per heavy atom. The Balaban J connectivity index is 1.74. The number of pyridine rings is 1. The minimum atomic E-state index is -3.88. The smallest absolute Gasteiger partial charge is 0.308 e. The molecule has 13 heteroatoms. The molecule has 1 aliphatic heterocycles. The van der Waals surface area contributed by atoms with E-state index in [4.69, 9.17) is 5.73 Å². The van der Waals surface area contributed by atoms with Gasteiger partial charge in [0.05, 0.1) is 10.8 Å². The molecule has 12 nitrogen and oxygen atoms in total. The molecule has 1 saturated carbocycles. The minimum Gasteiger partial charge on any atom is -0.481 e. The van der Waals surface area contributed by atoms with Crippen LogP contribution in [0.2, 0.25) is 0 Å². The lowest BCUT2D eigenvalue weighted by Crippen LogP contribution is -2.36. The summed E-state index contributed by atoms with van der Waals surface area (Å²) in [5.41, 5.74) is 4.91. The maximum absolute atomic E-state index is 13.3. The van der Waals surface area contributed by atoms with Crippen molar-refractivity contribution in [1.29, 1.82) is 0 Å². The number of aliphatic carboxylic acids is 1.